The lowest BCUT2D eigenvalue weighted by Crippen LogP contribution is -2.23. The van der Waals surface area contributed by atoms with Gasteiger partial charge in [0.05, 0.1) is 18.3 Å². The molecular weight excluding hydrogens is 380 g/mol. The van der Waals surface area contributed by atoms with Crippen molar-refractivity contribution in [2.24, 2.45) is 0 Å². The van der Waals surface area contributed by atoms with Crippen molar-refractivity contribution in [3.8, 4) is 16.9 Å². The summed E-state index contributed by atoms with van der Waals surface area (Å²) >= 11 is 1.57. The fourth-order valence-corrected chi connectivity index (χ4v) is 4.51. The maximum Gasteiger partial charge on any atom is 0.262 e. The number of nitrogens with zero attached hydrogens (tertiary/aromatic N) is 2. The lowest BCUT2D eigenvalue weighted by molar-refractivity contribution is 0.296. The van der Waals surface area contributed by atoms with Crippen LogP contribution in [0.2, 0.25) is 0 Å². The van der Waals surface area contributed by atoms with Gasteiger partial charge in [0, 0.05) is 10.4 Å². The molecule has 0 saturated heterocycles. The van der Waals surface area contributed by atoms with Crippen molar-refractivity contribution in [1.82, 2.24) is 9.55 Å². The van der Waals surface area contributed by atoms with Crippen LogP contribution >= 0.6 is 11.3 Å². The molecule has 0 fully saturated rings. The summed E-state index contributed by atoms with van der Waals surface area (Å²) in [5, 5.41) is 0.703. The van der Waals surface area contributed by atoms with Crippen molar-refractivity contribution in [3.05, 3.63) is 80.7 Å². The molecule has 0 bridgehead atoms. The van der Waals surface area contributed by atoms with E-state index in [1.807, 2.05) is 31.2 Å². The molecule has 2 heterocycles. The Balaban J connectivity index is 1.67. The molecule has 0 aliphatic carbocycles. The zero-order chi connectivity index (χ0) is 20.5. The molecule has 29 heavy (non-hydrogen) atoms. The second kappa shape index (κ2) is 7.84. The third-order valence-corrected chi connectivity index (χ3v) is 6.25. The highest BCUT2D eigenvalue weighted by molar-refractivity contribution is 7.19. The minimum atomic E-state index is -0.0135. The van der Waals surface area contributed by atoms with E-state index >= 15 is 0 Å². The van der Waals surface area contributed by atoms with Gasteiger partial charge in [-0.3, -0.25) is 9.36 Å². The first-order valence-corrected chi connectivity index (χ1v) is 10.5. The minimum absolute atomic E-state index is 0.0135. The standard InChI is InChI=1S/C24H24N2O2S/c1-15-6-5-7-20(12-15)28-11-10-26-14-25-23-22(24(26)27)21(18(4)29-23)19-9-8-16(2)17(3)13-19/h5-9,12-14H,10-11H2,1-4H3. The van der Waals surface area contributed by atoms with Crippen molar-refractivity contribution in [1.29, 1.82) is 0 Å². The molecule has 0 amide bonds. The summed E-state index contributed by atoms with van der Waals surface area (Å²) in [6.45, 7) is 9.15. The summed E-state index contributed by atoms with van der Waals surface area (Å²) in [4.78, 5) is 19.7. The van der Waals surface area contributed by atoms with Gasteiger partial charge in [0.25, 0.3) is 5.56 Å². The number of fused-ring (bicyclic) bond motifs is 1. The summed E-state index contributed by atoms with van der Waals surface area (Å²) in [6, 6.07) is 14.3. The lowest BCUT2D eigenvalue weighted by Gasteiger charge is -2.10. The molecule has 5 heteroatoms. The molecule has 0 aliphatic rings. The van der Waals surface area contributed by atoms with E-state index in [2.05, 4.69) is 44.0 Å². The van der Waals surface area contributed by atoms with Crippen molar-refractivity contribution in [3.63, 3.8) is 0 Å². The maximum absolute atomic E-state index is 13.3. The smallest absolute Gasteiger partial charge is 0.262 e. The van der Waals surface area contributed by atoms with Gasteiger partial charge in [0.15, 0.2) is 0 Å². The molecule has 0 atom stereocenters. The van der Waals surface area contributed by atoms with E-state index in [0.29, 0.717) is 18.5 Å². The summed E-state index contributed by atoms with van der Waals surface area (Å²) in [5.74, 6) is 0.814. The second-order valence-electron chi connectivity index (χ2n) is 7.42. The zero-order valence-corrected chi connectivity index (χ0v) is 18.0. The zero-order valence-electron chi connectivity index (χ0n) is 17.2. The summed E-state index contributed by atoms with van der Waals surface area (Å²) < 4.78 is 7.47. The number of rotatable bonds is 5. The van der Waals surface area contributed by atoms with Crippen LogP contribution in [-0.4, -0.2) is 16.2 Å². The van der Waals surface area contributed by atoms with E-state index < -0.39 is 0 Å². The van der Waals surface area contributed by atoms with Crippen LogP contribution < -0.4 is 10.3 Å². The first kappa shape index (κ1) is 19.4. The number of thiophene rings is 1. The SMILES string of the molecule is Cc1cccc(OCCn2cnc3sc(C)c(-c4ccc(C)c(C)c4)c3c2=O)c1. The van der Waals surface area contributed by atoms with Crippen LogP contribution in [0, 0.1) is 27.7 Å². The van der Waals surface area contributed by atoms with Gasteiger partial charge in [0.2, 0.25) is 0 Å². The normalized spacial score (nSPS) is 11.2. The Hall–Kier alpha value is -2.92. The first-order chi connectivity index (χ1) is 13.9. The van der Waals surface area contributed by atoms with Gasteiger partial charge in [-0.2, -0.15) is 0 Å². The van der Waals surface area contributed by atoms with Crippen LogP contribution in [-0.2, 0) is 6.54 Å². The van der Waals surface area contributed by atoms with Gasteiger partial charge in [-0.25, -0.2) is 4.98 Å². The van der Waals surface area contributed by atoms with Gasteiger partial charge < -0.3 is 4.74 Å². The van der Waals surface area contributed by atoms with E-state index in [0.717, 1.165) is 32.1 Å². The lowest BCUT2D eigenvalue weighted by atomic mass is 9.99. The van der Waals surface area contributed by atoms with Crippen LogP contribution in [0.15, 0.2) is 53.6 Å². The molecule has 0 radical (unpaired) electrons. The predicted molar refractivity (Wildman–Crippen MR) is 120 cm³/mol. The second-order valence-corrected chi connectivity index (χ2v) is 8.62. The molecule has 0 unspecified atom stereocenters. The molecule has 148 valence electrons. The van der Waals surface area contributed by atoms with Crippen molar-refractivity contribution in [2.45, 2.75) is 34.2 Å². The molecule has 0 N–H and O–H groups in total. The molecule has 4 rings (SSSR count). The third kappa shape index (κ3) is 3.83. The first-order valence-electron chi connectivity index (χ1n) is 9.69. The van der Waals surface area contributed by atoms with Crippen molar-refractivity contribution in [2.75, 3.05) is 6.61 Å². The van der Waals surface area contributed by atoms with Crippen LogP contribution in [0.3, 0.4) is 0 Å². The number of hydrogen-bond donors (Lipinski definition) is 0. The van der Waals surface area contributed by atoms with E-state index in [-0.39, 0.29) is 5.56 Å². The topological polar surface area (TPSA) is 44.1 Å². The number of hydrogen-bond acceptors (Lipinski definition) is 4. The molecule has 4 nitrogen and oxygen atoms in total. The quantitative estimate of drug-likeness (QED) is 0.445. The Bertz CT molecular complexity index is 1250. The average molecular weight is 405 g/mol. The number of aromatic nitrogens is 2. The Morgan fingerprint density at radius 2 is 1.86 bits per heavy atom. The minimum Gasteiger partial charge on any atom is -0.492 e. The fraction of sp³-hybridized carbons (Fsp3) is 0.250. The summed E-state index contributed by atoms with van der Waals surface area (Å²) in [6.07, 6.45) is 1.63. The highest BCUT2D eigenvalue weighted by Crippen LogP contribution is 2.36. The Labute approximate surface area is 174 Å². The molecule has 0 saturated carbocycles. The Kier molecular flexibility index (Phi) is 5.24. The summed E-state index contributed by atoms with van der Waals surface area (Å²) in [5.41, 5.74) is 5.67. The van der Waals surface area contributed by atoms with Crippen LogP contribution in [0.1, 0.15) is 21.6 Å². The van der Waals surface area contributed by atoms with Crippen LogP contribution in [0.4, 0.5) is 0 Å². The molecule has 2 aromatic carbocycles. The monoisotopic (exact) mass is 404 g/mol. The molecule has 0 aliphatic heterocycles. The average Bonchev–Trinajstić information content (AvgIpc) is 3.03. The van der Waals surface area contributed by atoms with E-state index in [1.165, 1.54) is 11.1 Å². The Morgan fingerprint density at radius 3 is 2.62 bits per heavy atom. The maximum atomic E-state index is 13.3. The number of benzene rings is 2. The van der Waals surface area contributed by atoms with Crippen LogP contribution in [0.25, 0.3) is 21.3 Å². The van der Waals surface area contributed by atoms with E-state index in [4.69, 9.17) is 4.74 Å². The highest BCUT2D eigenvalue weighted by Gasteiger charge is 2.17. The van der Waals surface area contributed by atoms with Gasteiger partial charge in [-0.15, -0.1) is 11.3 Å². The Morgan fingerprint density at radius 1 is 1.03 bits per heavy atom. The molecule has 2 aromatic heterocycles. The highest BCUT2D eigenvalue weighted by atomic mass is 32.1. The number of aryl methyl sites for hydroxylation is 4. The number of ether oxygens (including phenoxy) is 1. The third-order valence-electron chi connectivity index (χ3n) is 5.24. The molecular formula is C24H24N2O2S. The van der Waals surface area contributed by atoms with E-state index in [1.54, 1.807) is 22.2 Å². The van der Waals surface area contributed by atoms with Crippen LogP contribution in [0.5, 0.6) is 5.75 Å². The van der Waals surface area contributed by atoms with Gasteiger partial charge in [-0.05, 0) is 62.1 Å². The van der Waals surface area contributed by atoms with Crippen molar-refractivity contribution >= 4 is 21.6 Å². The van der Waals surface area contributed by atoms with Gasteiger partial charge in [-0.1, -0.05) is 30.3 Å². The summed E-state index contributed by atoms with van der Waals surface area (Å²) in [7, 11) is 0. The molecule has 4 aromatic rings. The van der Waals surface area contributed by atoms with E-state index in [9.17, 15) is 4.79 Å². The molecule has 0 spiro atoms. The predicted octanol–water partition coefficient (Wildman–Crippen LogP) is 5.44. The fourth-order valence-electron chi connectivity index (χ4n) is 3.51. The van der Waals surface area contributed by atoms with Crippen molar-refractivity contribution < 1.29 is 4.74 Å². The van der Waals surface area contributed by atoms with Gasteiger partial charge >= 0.3 is 0 Å². The van der Waals surface area contributed by atoms with Gasteiger partial charge in [0.1, 0.15) is 17.2 Å². The largest absolute Gasteiger partial charge is 0.492 e.